The Morgan fingerprint density at radius 3 is 2.59 bits per heavy atom. The topological polar surface area (TPSA) is 80.9 Å². The second kappa shape index (κ2) is 8.46. The lowest BCUT2D eigenvalue weighted by Crippen LogP contribution is -2.17. The Balaban J connectivity index is 1.67. The highest BCUT2D eigenvalue weighted by molar-refractivity contribution is 9.10. The van der Waals surface area contributed by atoms with Crippen molar-refractivity contribution in [2.24, 2.45) is 5.10 Å². The normalized spacial score (nSPS) is 10.7. The van der Waals surface area contributed by atoms with Crippen LogP contribution >= 0.6 is 15.9 Å². The molecule has 0 bridgehead atoms. The standard InChI is InChI=1S/C20H15BrN2O4/c1-26-20(25)15-4-2-3-14(11-15)18-10-9-17(27-18)12-22-23-19(24)13-5-7-16(21)8-6-13/h2-12H,1H3,(H,23,24)/b22-12-. The van der Waals surface area contributed by atoms with Crippen LogP contribution in [0.1, 0.15) is 26.5 Å². The van der Waals surface area contributed by atoms with E-state index in [-0.39, 0.29) is 5.91 Å². The van der Waals surface area contributed by atoms with Crippen LogP contribution in [-0.4, -0.2) is 25.2 Å². The molecular formula is C20H15BrN2O4. The molecule has 1 N–H and O–H groups in total. The number of hydrazone groups is 1. The number of hydrogen-bond donors (Lipinski definition) is 1. The largest absolute Gasteiger partial charge is 0.465 e. The molecule has 0 spiro atoms. The van der Waals surface area contributed by atoms with Crippen LogP contribution in [0.3, 0.4) is 0 Å². The fraction of sp³-hybridized carbons (Fsp3) is 0.0500. The smallest absolute Gasteiger partial charge is 0.337 e. The summed E-state index contributed by atoms with van der Waals surface area (Å²) < 4.78 is 11.3. The Hall–Kier alpha value is -3.19. The Morgan fingerprint density at radius 1 is 1.07 bits per heavy atom. The summed E-state index contributed by atoms with van der Waals surface area (Å²) >= 11 is 3.32. The fourth-order valence-corrected chi connectivity index (χ4v) is 2.58. The SMILES string of the molecule is COC(=O)c1cccc(-c2ccc(/C=N\NC(=O)c3ccc(Br)cc3)o2)c1. The van der Waals surface area contributed by atoms with E-state index in [1.165, 1.54) is 13.3 Å². The van der Waals surface area contributed by atoms with Crippen molar-refractivity contribution in [3.63, 3.8) is 0 Å². The van der Waals surface area contributed by atoms with Crippen molar-refractivity contribution in [1.82, 2.24) is 5.43 Å². The van der Waals surface area contributed by atoms with Gasteiger partial charge in [0.2, 0.25) is 0 Å². The van der Waals surface area contributed by atoms with Gasteiger partial charge in [-0.05, 0) is 48.5 Å². The van der Waals surface area contributed by atoms with Crippen LogP contribution in [0.2, 0.25) is 0 Å². The number of nitrogens with one attached hydrogen (secondary N) is 1. The van der Waals surface area contributed by atoms with E-state index in [0.717, 1.165) is 10.0 Å². The molecule has 1 amide bonds. The van der Waals surface area contributed by atoms with Crippen molar-refractivity contribution in [2.45, 2.75) is 0 Å². The molecule has 0 aliphatic rings. The van der Waals surface area contributed by atoms with Crippen LogP contribution < -0.4 is 5.43 Å². The average molecular weight is 427 g/mol. The average Bonchev–Trinajstić information content (AvgIpc) is 3.17. The van der Waals surface area contributed by atoms with Gasteiger partial charge in [0.1, 0.15) is 11.5 Å². The summed E-state index contributed by atoms with van der Waals surface area (Å²) in [7, 11) is 1.33. The highest BCUT2D eigenvalue weighted by atomic mass is 79.9. The number of nitrogens with zero attached hydrogens (tertiary/aromatic N) is 1. The lowest BCUT2D eigenvalue weighted by atomic mass is 10.1. The molecule has 0 saturated heterocycles. The summed E-state index contributed by atoms with van der Waals surface area (Å²) in [5, 5.41) is 3.90. The van der Waals surface area contributed by atoms with Gasteiger partial charge in [-0.1, -0.05) is 28.1 Å². The van der Waals surface area contributed by atoms with Gasteiger partial charge in [0.25, 0.3) is 5.91 Å². The Labute approximate surface area is 164 Å². The Bertz CT molecular complexity index is 993. The minimum atomic E-state index is -0.416. The number of esters is 1. The minimum absolute atomic E-state index is 0.323. The minimum Gasteiger partial charge on any atom is -0.465 e. The van der Waals surface area contributed by atoms with Crippen LogP contribution in [0.25, 0.3) is 11.3 Å². The van der Waals surface area contributed by atoms with E-state index in [0.29, 0.717) is 22.6 Å². The number of methoxy groups -OCH3 is 1. The van der Waals surface area contributed by atoms with Crippen molar-refractivity contribution in [3.8, 4) is 11.3 Å². The molecule has 0 radical (unpaired) electrons. The summed E-state index contributed by atoms with van der Waals surface area (Å²) in [6.07, 6.45) is 1.41. The molecule has 6 nitrogen and oxygen atoms in total. The van der Waals surface area contributed by atoms with Gasteiger partial charge >= 0.3 is 5.97 Å². The number of amides is 1. The maximum atomic E-state index is 12.0. The van der Waals surface area contributed by atoms with Crippen molar-refractivity contribution in [1.29, 1.82) is 0 Å². The molecule has 2 aromatic carbocycles. The Morgan fingerprint density at radius 2 is 1.85 bits per heavy atom. The van der Waals surface area contributed by atoms with Crippen LogP contribution in [0.15, 0.2) is 74.7 Å². The molecule has 0 atom stereocenters. The summed E-state index contributed by atoms with van der Waals surface area (Å²) in [5.41, 5.74) is 4.10. The molecule has 0 aliphatic heterocycles. The maximum absolute atomic E-state index is 12.0. The molecule has 0 saturated carbocycles. The third kappa shape index (κ3) is 4.71. The first-order valence-electron chi connectivity index (χ1n) is 7.94. The number of halogens is 1. The van der Waals surface area contributed by atoms with Gasteiger partial charge in [-0.3, -0.25) is 4.79 Å². The van der Waals surface area contributed by atoms with Gasteiger partial charge in [0, 0.05) is 15.6 Å². The lowest BCUT2D eigenvalue weighted by Gasteiger charge is -2.01. The molecule has 0 aliphatic carbocycles. The molecule has 1 aromatic heterocycles. The van der Waals surface area contributed by atoms with Crippen LogP contribution in [0, 0.1) is 0 Å². The molecule has 3 rings (SSSR count). The molecule has 3 aromatic rings. The van der Waals surface area contributed by atoms with E-state index in [1.807, 2.05) is 6.07 Å². The van der Waals surface area contributed by atoms with Gasteiger partial charge in [0.15, 0.2) is 0 Å². The third-order valence-electron chi connectivity index (χ3n) is 3.66. The molecule has 0 unspecified atom stereocenters. The van der Waals surface area contributed by atoms with Crippen molar-refractivity contribution in [2.75, 3.05) is 7.11 Å². The Kier molecular flexibility index (Phi) is 5.83. The molecule has 7 heteroatoms. The predicted octanol–water partition coefficient (Wildman–Crippen LogP) is 4.26. The van der Waals surface area contributed by atoms with Crippen LogP contribution in [0.4, 0.5) is 0 Å². The van der Waals surface area contributed by atoms with E-state index in [4.69, 9.17) is 9.15 Å². The number of carbonyl (C=O) groups excluding carboxylic acids is 2. The van der Waals surface area contributed by atoms with Crippen molar-refractivity contribution in [3.05, 3.63) is 82.0 Å². The third-order valence-corrected chi connectivity index (χ3v) is 4.19. The van der Waals surface area contributed by atoms with E-state index >= 15 is 0 Å². The number of furan rings is 1. The number of rotatable bonds is 5. The highest BCUT2D eigenvalue weighted by Gasteiger charge is 2.09. The number of benzene rings is 2. The summed E-state index contributed by atoms with van der Waals surface area (Å²) in [4.78, 5) is 23.6. The van der Waals surface area contributed by atoms with E-state index < -0.39 is 5.97 Å². The quantitative estimate of drug-likeness (QED) is 0.375. The summed E-state index contributed by atoms with van der Waals surface area (Å²) in [5.74, 6) is 0.295. The second-order valence-electron chi connectivity index (χ2n) is 5.48. The monoisotopic (exact) mass is 426 g/mol. The van der Waals surface area contributed by atoms with Gasteiger partial charge in [-0.25, -0.2) is 10.2 Å². The van der Waals surface area contributed by atoms with Gasteiger partial charge in [0.05, 0.1) is 18.9 Å². The predicted molar refractivity (Wildman–Crippen MR) is 105 cm³/mol. The molecule has 136 valence electrons. The number of ether oxygens (including phenoxy) is 1. The zero-order valence-electron chi connectivity index (χ0n) is 14.3. The fourth-order valence-electron chi connectivity index (χ4n) is 2.31. The lowest BCUT2D eigenvalue weighted by molar-refractivity contribution is 0.0600. The summed E-state index contributed by atoms with van der Waals surface area (Å²) in [6.45, 7) is 0. The van der Waals surface area contributed by atoms with Gasteiger partial charge in [-0.15, -0.1) is 0 Å². The number of hydrogen-bond acceptors (Lipinski definition) is 5. The highest BCUT2D eigenvalue weighted by Crippen LogP contribution is 2.23. The van der Waals surface area contributed by atoms with Crippen molar-refractivity contribution < 1.29 is 18.7 Å². The first-order chi connectivity index (χ1) is 13.1. The zero-order chi connectivity index (χ0) is 19.2. The van der Waals surface area contributed by atoms with Crippen LogP contribution in [-0.2, 0) is 4.74 Å². The molecule has 1 heterocycles. The van der Waals surface area contributed by atoms with Crippen LogP contribution in [0.5, 0.6) is 0 Å². The van der Waals surface area contributed by atoms with Gasteiger partial charge < -0.3 is 9.15 Å². The van der Waals surface area contributed by atoms with E-state index in [9.17, 15) is 9.59 Å². The number of carbonyl (C=O) groups is 2. The summed E-state index contributed by atoms with van der Waals surface area (Å²) in [6, 6.07) is 17.3. The van der Waals surface area contributed by atoms with E-state index in [2.05, 4.69) is 26.5 Å². The second-order valence-corrected chi connectivity index (χ2v) is 6.40. The molecule has 27 heavy (non-hydrogen) atoms. The van der Waals surface area contributed by atoms with Crippen molar-refractivity contribution >= 4 is 34.0 Å². The first kappa shape index (κ1) is 18.6. The molecular weight excluding hydrogens is 412 g/mol. The first-order valence-corrected chi connectivity index (χ1v) is 8.73. The zero-order valence-corrected chi connectivity index (χ0v) is 15.9. The molecule has 0 fully saturated rings. The van der Waals surface area contributed by atoms with Gasteiger partial charge in [-0.2, -0.15) is 5.10 Å². The maximum Gasteiger partial charge on any atom is 0.337 e. The van der Waals surface area contributed by atoms with E-state index in [1.54, 1.807) is 54.6 Å².